The Bertz CT molecular complexity index is 720. The molecule has 0 unspecified atom stereocenters. The van der Waals surface area contributed by atoms with Crippen LogP contribution in [-0.2, 0) is 4.74 Å². The van der Waals surface area contributed by atoms with Crippen molar-refractivity contribution in [3.63, 3.8) is 0 Å². The molecule has 1 heterocycles. The van der Waals surface area contributed by atoms with Crippen LogP contribution in [0.25, 0.3) is 11.1 Å². The number of halogens is 1. The summed E-state index contributed by atoms with van der Waals surface area (Å²) < 4.78 is 19.7. The number of hydrogen-bond donors (Lipinski definition) is 1. The van der Waals surface area contributed by atoms with Gasteiger partial charge >= 0.3 is 0 Å². The fraction of sp³-hybridized carbons (Fsp3) is 0.316. The highest BCUT2D eigenvalue weighted by Crippen LogP contribution is 2.26. The average molecular weight is 328 g/mol. The lowest BCUT2D eigenvalue weighted by Crippen LogP contribution is -2.46. The fourth-order valence-corrected chi connectivity index (χ4v) is 2.89. The number of benzene rings is 2. The summed E-state index contributed by atoms with van der Waals surface area (Å²) in [5.41, 5.74) is 1.48. The van der Waals surface area contributed by atoms with E-state index in [9.17, 15) is 9.18 Å². The maximum Gasteiger partial charge on any atom is 0.252 e. The van der Waals surface area contributed by atoms with Crippen molar-refractivity contribution in [2.45, 2.75) is 6.10 Å². The highest BCUT2D eigenvalue weighted by atomic mass is 19.1. The fourth-order valence-electron chi connectivity index (χ4n) is 2.89. The molecule has 126 valence electrons. The third kappa shape index (κ3) is 3.80. The SMILES string of the molecule is CN1CCO[C@@H](CNC(=O)c2ccccc2-c2ccccc2F)C1. The molecule has 0 spiro atoms. The molecule has 1 atom stereocenters. The molecule has 5 heteroatoms. The van der Waals surface area contributed by atoms with Gasteiger partial charge in [-0.15, -0.1) is 0 Å². The number of rotatable bonds is 4. The van der Waals surface area contributed by atoms with Crippen molar-refractivity contribution in [2.75, 3.05) is 33.3 Å². The van der Waals surface area contributed by atoms with Crippen molar-refractivity contribution < 1.29 is 13.9 Å². The number of carbonyl (C=O) groups is 1. The molecule has 1 aliphatic heterocycles. The first-order valence-electron chi connectivity index (χ1n) is 8.07. The number of nitrogens with one attached hydrogen (secondary N) is 1. The normalized spacial score (nSPS) is 18.3. The van der Waals surface area contributed by atoms with E-state index in [0.717, 1.165) is 13.1 Å². The van der Waals surface area contributed by atoms with E-state index >= 15 is 0 Å². The number of amides is 1. The molecule has 0 aromatic heterocycles. The van der Waals surface area contributed by atoms with E-state index in [-0.39, 0.29) is 17.8 Å². The predicted octanol–water partition coefficient (Wildman–Crippen LogP) is 2.55. The quantitative estimate of drug-likeness (QED) is 0.938. The minimum absolute atomic E-state index is 0.0201. The van der Waals surface area contributed by atoms with Crippen LogP contribution in [-0.4, -0.2) is 50.2 Å². The second-order valence-electron chi connectivity index (χ2n) is 5.99. The lowest BCUT2D eigenvalue weighted by atomic mass is 9.98. The lowest BCUT2D eigenvalue weighted by Gasteiger charge is -2.30. The molecular weight excluding hydrogens is 307 g/mol. The number of hydrogen-bond acceptors (Lipinski definition) is 3. The molecule has 0 bridgehead atoms. The Morgan fingerprint density at radius 1 is 1.21 bits per heavy atom. The molecule has 1 fully saturated rings. The van der Waals surface area contributed by atoms with E-state index < -0.39 is 0 Å². The minimum atomic E-state index is -0.338. The van der Waals surface area contributed by atoms with Crippen molar-refractivity contribution in [2.24, 2.45) is 0 Å². The van der Waals surface area contributed by atoms with Crippen LogP contribution in [0.3, 0.4) is 0 Å². The number of ether oxygens (including phenoxy) is 1. The molecule has 3 rings (SSSR count). The summed E-state index contributed by atoms with van der Waals surface area (Å²) in [7, 11) is 2.03. The number of carbonyl (C=O) groups excluding carboxylic acids is 1. The second-order valence-corrected chi connectivity index (χ2v) is 5.99. The van der Waals surface area contributed by atoms with Crippen LogP contribution in [0.5, 0.6) is 0 Å². The molecule has 1 saturated heterocycles. The van der Waals surface area contributed by atoms with Gasteiger partial charge in [0.05, 0.1) is 12.7 Å². The molecule has 1 aliphatic rings. The van der Waals surface area contributed by atoms with Crippen LogP contribution in [0.1, 0.15) is 10.4 Å². The Morgan fingerprint density at radius 3 is 2.67 bits per heavy atom. The Kier molecular flexibility index (Phi) is 5.23. The molecule has 24 heavy (non-hydrogen) atoms. The smallest absolute Gasteiger partial charge is 0.252 e. The van der Waals surface area contributed by atoms with Gasteiger partial charge in [0.15, 0.2) is 0 Å². The zero-order chi connectivity index (χ0) is 16.9. The molecule has 0 aliphatic carbocycles. The molecule has 1 N–H and O–H groups in total. The largest absolute Gasteiger partial charge is 0.374 e. The van der Waals surface area contributed by atoms with E-state index in [4.69, 9.17) is 4.74 Å². The minimum Gasteiger partial charge on any atom is -0.374 e. The lowest BCUT2D eigenvalue weighted by molar-refractivity contribution is -0.0175. The van der Waals surface area contributed by atoms with Crippen molar-refractivity contribution in [1.29, 1.82) is 0 Å². The summed E-state index contributed by atoms with van der Waals surface area (Å²) in [6, 6.07) is 13.5. The standard InChI is InChI=1S/C19H21FN2O2/c1-22-10-11-24-14(13-22)12-21-19(23)17-8-3-2-6-15(17)16-7-4-5-9-18(16)20/h2-9,14H,10-13H2,1H3,(H,21,23)/t14-/m0/s1. The van der Waals surface area contributed by atoms with Gasteiger partial charge in [-0.05, 0) is 24.7 Å². The number of nitrogens with zero attached hydrogens (tertiary/aromatic N) is 1. The van der Waals surface area contributed by atoms with Gasteiger partial charge in [-0.1, -0.05) is 36.4 Å². The number of likely N-dealkylation sites (N-methyl/N-ethyl adjacent to an activating group) is 1. The van der Waals surface area contributed by atoms with Crippen molar-refractivity contribution in [1.82, 2.24) is 10.2 Å². The van der Waals surface area contributed by atoms with Crippen LogP contribution in [0.2, 0.25) is 0 Å². The Morgan fingerprint density at radius 2 is 1.92 bits per heavy atom. The zero-order valence-corrected chi connectivity index (χ0v) is 13.7. The summed E-state index contributed by atoms with van der Waals surface area (Å²) >= 11 is 0. The first-order chi connectivity index (χ1) is 11.6. The van der Waals surface area contributed by atoms with E-state index in [0.29, 0.717) is 29.8 Å². The Labute approximate surface area is 141 Å². The topological polar surface area (TPSA) is 41.6 Å². The van der Waals surface area contributed by atoms with Gasteiger partial charge in [-0.3, -0.25) is 4.79 Å². The van der Waals surface area contributed by atoms with E-state index in [2.05, 4.69) is 10.2 Å². The van der Waals surface area contributed by atoms with Crippen LogP contribution >= 0.6 is 0 Å². The molecule has 0 radical (unpaired) electrons. The van der Waals surface area contributed by atoms with Crippen molar-refractivity contribution >= 4 is 5.91 Å². The maximum absolute atomic E-state index is 14.1. The molecule has 2 aromatic rings. The molecule has 1 amide bonds. The van der Waals surface area contributed by atoms with Gasteiger partial charge in [0, 0.05) is 30.8 Å². The van der Waals surface area contributed by atoms with Gasteiger partial charge in [-0.25, -0.2) is 4.39 Å². The Balaban J connectivity index is 1.75. The molecule has 4 nitrogen and oxygen atoms in total. The zero-order valence-electron chi connectivity index (χ0n) is 13.7. The summed E-state index contributed by atoms with van der Waals surface area (Å²) in [5.74, 6) is -0.555. The molecule has 2 aromatic carbocycles. The van der Waals surface area contributed by atoms with Gasteiger partial charge < -0.3 is 15.0 Å². The monoisotopic (exact) mass is 328 g/mol. The van der Waals surface area contributed by atoms with Gasteiger partial charge in [-0.2, -0.15) is 0 Å². The first kappa shape index (κ1) is 16.6. The number of morpholine rings is 1. The summed E-state index contributed by atoms with van der Waals surface area (Å²) in [6.45, 7) is 2.80. The van der Waals surface area contributed by atoms with Crippen molar-refractivity contribution in [3.8, 4) is 11.1 Å². The van der Waals surface area contributed by atoms with E-state index in [1.54, 1.807) is 42.5 Å². The first-order valence-corrected chi connectivity index (χ1v) is 8.07. The van der Waals surface area contributed by atoms with Crippen LogP contribution in [0.4, 0.5) is 4.39 Å². The third-order valence-corrected chi connectivity index (χ3v) is 4.17. The Hall–Kier alpha value is -2.24. The van der Waals surface area contributed by atoms with E-state index in [1.165, 1.54) is 6.07 Å². The molecular formula is C19H21FN2O2. The van der Waals surface area contributed by atoms with Gasteiger partial charge in [0.1, 0.15) is 5.82 Å². The van der Waals surface area contributed by atoms with E-state index in [1.807, 2.05) is 7.05 Å². The van der Waals surface area contributed by atoms with Crippen LogP contribution in [0.15, 0.2) is 48.5 Å². The predicted molar refractivity (Wildman–Crippen MR) is 91.4 cm³/mol. The van der Waals surface area contributed by atoms with Gasteiger partial charge in [0.25, 0.3) is 5.91 Å². The highest BCUT2D eigenvalue weighted by molar-refractivity contribution is 6.00. The third-order valence-electron chi connectivity index (χ3n) is 4.17. The van der Waals surface area contributed by atoms with Crippen LogP contribution < -0.4 is 5.32 Å². The van der Waals surface area contributed by atoms with Crippen LogP contribution in [0, 0.1) is 5.82 Å². The van der Waals surface area contributed by atoms with Gasteiger partial charge in [0.2, 0.25) is 0 Å². The molecule has 0 saturated carbocycles. The summed E-state index contributed by atoms with van der Waals surface area (Å²) in [6.07, 6.45) is -0.0201. The average Bonchev–Trinajstić information content (AvgIpc) is 2.60. The highest BCUT2D eigenvalue weighted by Gasteiger charge is 2.20. The summed E-state index contributed by atoms with van der Waals surface area (Å²) in [4.78, 5) is 14.7. The second kappa shape index (κ2) is 7.55. The van der Waals surface area contributed by atoms with Crippen molar-refractivity contribution in [3.05, 3.63) is 59.9 Å². The maximum atomic E-state index is 14.1. The summed E-state index contributed by atoms with van der Waals surface area (Å²) in [5, 5.41) is 2.91.